The Hall–Kier alpha value is -0.715. The van der Waals surface area contributed by atoms with Gasteiger partial charge in [0.2, 0.25) is 0 Å². The van der Waals surface area contributed by atoms with Gasteiger partial charge in [0.25, 0.3) is 0 Å². The fraction of sp³-hybridized carbons (Fsp3) is 0.250. The van der Waals surface area contributed by atoms with Crippen LogP contribution in [-0.2, 0) is 0 Å². The summed E-state index contributed by atoms with van der Waals surface area (Å²) in [5, 5.41) is 0. The molecule has 0 saturated heterocycles. The summed E-state index contributed by atoms with van der Waals surface area (Å²) in [6.07, 6.45) is 9.53. The first-order chi connectivity index (χ1) is 4.36. The van der Waals surface area contributed by atoms with Gasteiger partial charge in [-0.3, -0.25) is 0 Å². The standard InChI is InChI=1S/C8H7B/c9-8-4-6-2-1-3-7(6)5-8/h1-4,6H,5H2. The van der Waals surface area contributed by atoms with Crippen LogP contribution in [0, 0.1) is 5.92 Å². The van der Waals surface area contributed by atoms with Gasteiger partial charge in [-0.05, 0) is 6.42 Å². The summed E-state index contributed by atoms with van der Waals surface area (Å²) in [6, 6.07) is 0. The van der Waals surface area contributed by atoms with E-state index in [0.29, 0.717) is 5.92 Å². The summed E-state index contributed by atoms with van der Waals surface area (Å²) in [5.74, 6) is 0.546. The van der Waals surface area contributed by atoms with Gasteiger partial charge in [-0.15, -0.1) is 5.47 Å². The van der Waals surface area contributed by atoms with Gasteiger partial charge in [-0.2, -0.15) is 0 Å². The average Bonchev–Trinajstić information content (AvgIpc) is 2.22. The Balaban J connectivity index is 2.35. The Morgan fingerprint density at radius 1 is 1.56 bits per heavy atom. The van der Waals surface area contributed by atoms with E-state index >= 15 is 0 Å². The zero-order valence-electron chi connectivity index (χ0n) is 5.17. The van der Waals surface area contributed by atoms with E-state index < -0.39 is 0 Å². The smallest absolute Gasteiger partial charge is 0.107 e. The van der Waals surface area contributed by atoms with Crippen molar-refractivity contribution in [3.63, 3.8) is 0 Å². The van der Waals surface area contributed by atoms with Gasteiger partial charge in [0, 0.05) is 5.92 Å². The van der Waals surface area contributed by atoms with Gasteiger partial charge in [0.05, 0.1) is 0 Å². The van der Waals surface area contributed by atoms with Crippen molar-refractivity contribution >= 4 is 7.85 Å². The molecular weight excluding hydrogens is 107 g/mol. The quantitative estimate of drug-likeness (QED) is 0.419. The van der Waals surface area contributed by atoms with Gasteiger partial charge < -0.3 is 0 Å². The fourth-order valence-electron chi connectivity index (χ4n) is 1.40. The van der Waals surface area contributed by atoms with Gasteiger partial charge in [-0.25, -0.2) is 0 Å². The Morgan fingerprint density at radius 2 is 2.44 bits per heavy atom. The van der Waals surface area contributed by atoms with E-state index in [1.807, 2.05) is 0 Å². The van der Waals surface area contributed by atoms with Crippen LogP contribution in [0.2, 0.25) is 0 Å². The maximum Gasteiger partial charge on any atom is 0.107 e. The molecule has 0 aliphatic heterocycles. The second-order valence-electron chi connectivity index (χ2n) is 2.57. The zero-order valence-corrected chi connectivity index (χ0v) is 5.17. The predicted octanol–water partition coefficient (Wildman–Crippen LogP) is 1.55. The normalized spacial score (nSPS) is 30.0. The van der Waals surface area contributed by atoms with Crippen LogP contribution in [-0.4, -0.2) is 7.85 Å². The molecule has 0 spiro atoms. The van der Waals surface area contributed by atoms with Gasteiger partial charge in [0.1, 0.15) is 7.85 Å². The van der Waals surface area contributed by atoms with Crippen molar-refractivity contribution in [1.82, 2.24) is 0 Å². The van der Waals surface area contributed by atoms with E-state index in [0.717, 1.165) is 11.9 Å². The van der Waals surface area contributed by atoms with Crippen LogP contribution in [0.3, 0.4) is 0 Å². The number of hydrogen-bond donors (Lipinski definition) is 0. The first kappa shape index (κ1) is 5.10. The molecule has 2 rings (SSSR count). The van der Waals surface area contributed by atoms with Crippen molar-refractivity contribution in [2.24, 2.45) is 5.92 Å². The van der Waals surface area contributed by atoms with Crippen LogP contribution in [0.5, 0.6) is 0 Å². The number of fused-ring (bicyclic) bond motifs is 1. The highest BCUT2D eigenvalue weighted by molar-refractivity contribution is 6.22. The van der Waals surface area contributed by atoms with Gasteiger partial charge >= 0.3 is 0 Å². The molecule has 0 bridgehead atoms. The lowest BCUT2D eigenvalue weighted by Crippen LogP contribution is -1.83. The lowest BCUT2D eigenvalue weighted by molar-refractivity contribution is 1.01. The topological polar surface area (TPSA) is 0 Å². The molecule has 0 aromatic heterocycles. The summed E-state index contributed by atoms with van der Waals surface area (Å²) in [5.41, 5.74) is 2.48. The van der Waals surface area contributed by atoms with Crippen LogP contribution >= 0.6 is 0 Å². The Morgan fingerprint density at radius 3 is 3.22 bits per heavy atom. The summed E-state index contributed by atoms with van der Waals surface area (Å²) in [4.78, 5) is 0. The highest BCUT2D eigenvalue weighted by atomic mass is 14.2. The van der Waals surface area contributed by atoms with Crippen molar-refractivity contribution in [2.45, 2.75) is 6.42 Å². The molecule has 42 valence electrons. The molecule has 0 aromatic rings. The lowest BCUT2D eigenvalue weighted by Gasteiger charge is -1.96. The minimum absolute atomic E-state index is 0.546. The molecule has 1 heteroatoms. The third-order valence-corrected chi connectivity index (χ3v) is 1.86. The van der Waals surface area contributed by atoms with Crippen molar-refractivity contribution in [1.29, 1.82) is 0 Å². The second kappa shape index (κ2) is 1.63. The fourth-order valence-corrected chi connectivity index (χ4v) is 1.40. The Bertz CT molecular complexity index is 221. The third kappa shape index (κ3) is 0.681. The number of rotatable bonds is 0. The molecule has 2 aliphatic rings. The molecule has 0 N–H and O–H groups in total. The first-order valence-corrected chi connectivity index (χ1v) is 3.20. The summed E-state index contributed by atoms with van der Waals surface area (Å²) in [6.45, 7) is 0. The number of allylic oxidation sites excluding steroid dienone is 6. The van der Waals surface area contributed by atoms with Gasteiger partial charge in [0.15, 0.2) is 0 Å². The van der Waals surface area contributed by atoms with E-state index in [1.54, 1.807) is 0 Å². The van der Waals surface area contributed by atoms with Crippen molar-refractivity contribution < 1.29 is 0 Å². The molecule has 9 heavy (non-hydrogen) atoms. The average molecular weight is 114 g/mol. The SMILES string of the molecule is [B]C1=CC2C=CC=C2C1. The maximum atomic E-state index is 5.61. The highest BCUT2D eigenvalue weighted by Crippen LogP contribution is 2.32. The molecule has 2 radical (unpaired) electrons. The molecular formula is C8H7B. The first-order valence-electron chi connectivity index (χ1n) is 3.20. The van der Waals surface area contributed by atoms with E-state index in [4.69, 9.17) is 7.85 Å². The zero-order chi connectivity index (χ0) is 6.27. The molecule has 2 aliphatic carbocycles. The molecule has 0 heterocycles. The molecule has 0 fully saturated rings. The van der Waals surface area contributed by atoms with E-state index in [-0.39, 0.29) is 0 Å². The molecule has 1 unspecified atom stereocenters. The van der Waals surface area contributed by atoms with Crippen LogP contribution in [0.15, 0.2) is 35.3 Å². The minimum atomic E-state index is 0.546. The summed E-state index contributed by atoms with van der Waals surface area (Å²) < 4.78 is 0. The van der Waals surface area contributed by atoms with Crippen LogP contribution < -0.4 is 0 Å². The van der Waals surface area contributed by atoms with E-state index in [2.05, 4.69) is 24.3 Å². The summed E-state index contributed by atoms with van der Waals surface area (Å²) in [7, 11) is 5.61. The highest BCUT2D eigenvalue weighted by Gasteiger charge is 2.17. The molecule has 0 saturated carbocycles. The number of hydrogen-bond acceptors (Lipinski definition) is 0. The molecule has 0 amide bonds. The van der Waals surface area contributed by atoms with Crippen molar-refractivity contribution in [2.75, 3.05) is 0 Å². The van der Waals surface area contributed by atoms with E-state index in [1.165, 1.54) is 5.57 Å². The monoisotopic (exact) mass is 114 g/mol. The van der Waals surface area contributed by atoms with Crippen molar-refractivity contribution in [3.8, 4) is 0 Å². The molecule has 0 aromatic carbocycles. The molecule has 0 nitrogen and oxygen atoms in total. The van der Waals surface area contributed by atoms with Crippen molar-refractivity contribution in [3.05, 3.63) is 35.3 Å². The Kier molecular flexibility index (Phi) is 0.924. The van der Waals surface area contributed by atoms with Crippen LogP contribution in [0.1, 0.15) is 6.42 Å². The largest absolute Gasteiger partial charge is 0.117 e. The lowest BCUT2D eigenvalue weighted by atomic mass is 9.95. The second-order valence-corrected chi connectivity index (χ2v) is 2.57. The van der Waals surface area contributed by atoms with Crippen LogP contribution in [0.4, 0.5) is 0 Å². The maximum absolute atomic E-state index is 5.61. The molecule has 1 atom stereocenters. The predicted molar refractivity (Wildman–Crippen MR) is 39.2 cm³/mol. The summed E-state index contributed by atoms with van der Waals surface area (Å²) >= 11 is 0. The van der Waals surface area contributed by atoms with Gasteiger partial charge in [-0.1, -0.05) is 29.9 Å². The van der Waals surface area contributed by atoms with Crippen LogP contribution in [0.25, 0.3) is 0 Å². The third-order valence-electron chi connectivity index (χ3n) is 1.86. The minimum Gasteiger partial charge on any atom is -0.117 e. The van der Waals surface area contributed by atoms with E-state index in [9.17, 15) is 0 Å². The Labute approximate surface area is 56.4 Å².